The monoisotopic (exact) mass is 654 g/mol. The molecule has 14 heteroatoms. The van der Waals surface area contributed by atoms with Crippen LogP contribution >= 0.6 is 11.3 Å². The van der Waals surface area contributed by atoms with E-state index in [9.17, 15) is 23.1 Å². The first-order valence-corrected chi connectivity index (χ1v) is 17.3. The third-order valence-electron chi connectivity index (χ3n) is 7.82. The van der Waals surface area contributed by atoms with Gasteiger partial charge in [0.05, 0.1) is 12.3 Å². The first-order chi connectivity index (χ1) is 21.6. The van der Waals surface area contributed by atoms with Crippen LogP contribution in [-0.2, 0) is 27.8 Å². The zero-order valence-corrected chi connectivity index (χ0v) is 26.5. The summed E-state index contributed by atoms with van der Waals surface area (Å²) < 4.78 is 36.0. The number of thiophene rings is 1. The van der Waals surface area contributed by atoms with Crippen LogP contribution in [0.1, 0.15) is 52.9 Å². The van der Waals surface area contributed by atoms with Crippen LogP contribution in [0, 0.1) is 0 Å². The molecule has 1 atom stereocenters. The van der Waals surface area contributed by atoms with Crippen LogP contribution in [0.15, 0.2) is 57.7 Å². The van der Waals surface area contributed by atoms with E-state index < -0.39 is 27.9 Å². The van der Waals surface area contributed by atoms with Gasteiger partial charge in [-0.1, -0.05) is 24.6 Å². The number of likely N-dealkylation sites (tertiary alicyclic amines) is 1. The maximum Gasteiger partial charge on any atom is 0.326 e. The standard InChI is InChI=1S/C31H38N6O6S2/c32-31(33)34-11-5-8-25(30(39)40)35-29(38)28-24(10-15-44-28)36-45(41,42)26-18-23(17-22-9-14-43-27(22)26)21-7-4-6-20(16-21)19-37-12-2-1-3-13-37/h4,6-7,10,15-18,25,36H,1-3,5,8-9,11-14,19H2,(H,35,38)(H,39,40)(H4,32,33,34)/t25-/m0/s1. The first-order valence-electron chi connectivity index (χ1n) is 14.9. The van der Waals surface area contributed by atoms with Gasteiger partial charge in [-0.2, -0.15) is 0 Å². The van der Waals surface area contributed by atoms with Crippen molar-refractivity contribution < 1.29 is 27.9 Å². The molecule has 2 aliphatic heterocycles. The third kappa shape index (κ3) is 8.12. The van der Waals surface area contributed by atoms with E-state index in [2.05, 4.69) is 32.1 Å². The van der Waals surface area contributed by atoms with Gasteiger partial charge < -0.3 is 26.6 Å². The number of carboxylic acid groups (broad SMARTS) is 1. The van der Waals surface area contributed by atoms with Crippen LogP contribution in [0.4, 0.5) is 5.69 Å². The number of carbonyl (C=O) groups is 2. The van der Waals surface area contributed by atoms with Crippen LogP contribution in [0.2, 0.25) is 0 Å². The van der Waals surface area contributed by atoms with Gasteiger partial charge in [-0.25, -0.2) is 13.2 Å². The Kier molecular flexibility index (Phi) is 10.3. The van der Waals surface area contributed by atoms with Gasteiger partial charge in [0.1, 0.15) is 21.6 Å². The zero-order valence-electron chi connectivity index (χ0n) is 24.8. The van der Waals surface area contributed by atoms with Gasteiger partial charge in [0.25, 0.3) is 15.9 Å². The van der Waals surface area contributed by atoms with Gasteiger partial charge in [-0.3, -0.25) is 19.4 Å². The molecule has 3 heterocycles. The van der Waals surface area contributed by atoms with E-state index in [0.29, 0.717) is 25.2 Å². The van der Waals surface area contributed by atoms with Gasteiger partial charge in [-0.05, 0) is 90.7 Å². The molecule has 1 amide bonds. The molecule has 0 aliphatic carbocycles. The Labute approximate surface area is 266 Å². The minimum Gasteiger partial charge on any atom is -0.492 e. The average Bonchev–Trinajstić information content (AvgIpc) is 3.68. The van der Waals surface area contributed by atoms with Crippen LogP contribution in [-0.4, -0.2) is 68.5 Å². The number of rotatable bonds is 13. The smallest absolute Gasteiger partial charge is 0.326 e. The molecule has 0 saturated carbocycles. The number of anilines is 1. The Hall–Kier alpha value is -4.14. The fourth-order valence-electron chi connectivity index (χ4n) is 5.61. The van der Waals surface area contributed by atoms with E-state index in [1.807, 2.05) is 18.2 Å². The Morgan fingerprint density at radius 1 is 1.09 bits per heavy atom. The van der Waals surface area contributed by atoms with E-state index in [0.717, 1.165) is 47.7 Å². The van der Waals surface area contributed by atoms with Gasteiger partial charge in [0.2, 0.25) is 0 Å². The molecule has 2 aliphatic rings. The van der Waals surface area contributed by atoms with Crippen molar-refractivity contribution in [1.29, 1.82) is 0 Å². The Bertz CT molecular complexity index is 1680. The number of fused-ring (bicyclic) bond motifs is 1. The Morgan fingerprint density at radius 3 is 2.64 bits per heavy atom. The molecule has 0 bridgehead atoms. The minimum atomic E-state index is -4.21. The lowest BCUT2D eigenvalue weighted by Crippen LogP contribution is -2.40. The average molecular weight is 655 g/mol. The van der Waals surface area contributed by atoms with Crippen LogP contribution in [0.5, 0.6) is 5.75 Å². The molecule has 2 aromatic carbocycles. The number of amides is 1. The van der Waals surface area contributed by atoms with Crippen LogP contribution in [0.25, 0.3) is 11.1 Å². The van der Waals surface area contributed by atoms with Crippen molar-refractivity contribution >= 4 is 44.9 Å². The summed E-state index contributed by atoms with van der Waals surface area (Å²) in [5.74, 6) is -1.75. The third-order valence-corrected chi connectivity index (χ3v) is 10.1. The van der Waals surface area contributed by atoms with Gasteiger partial charge in [0.15, 0.2) is 5.96 Å². The van der Waals surface area contributed by atoms with E-state index in [-0.39, 0.29) is 34.4 Å². The van der Waals surface area contributed by atoms with Crippen LogP contribution < -0.4 is 26.2 Å². The predicted molar refractivity (Wildman–Crippen MR) is 174 cm³/mol. The second kappa shape index (κ2) is 14.3. The summed E-state index contributed by atoms with van der Waals surface area (Å²) >= 11 is 0.999. The fraction of sp³-hybridized carbons (Fsp3) is 0.387. The molecule has 1 fully saturated rings. The summed E-state index contributed by atoms with van der Waals surface area (Å²) in [7, 11) is -4.21. The van der Waals surface area contributed by atoms with Crippen molar-refractivity contribution in [2.75, 3.05) is 31.0 Å². The number of sulfonamides is 1. The number of nitrogens with one attached hydrogen (secondary N) is 2. The molecule has 5 rings (SSSR count). The highest BCUT2D eigenvalue weighted by molar-refractivity contribution is 7.92. The van der Waals surface area contributed by atoms with E-state index in [1.165, 1.54) is 30.9 Å². The largest absolute Gasteiger partial charge is 0.492 e. The zero-order chi connectivity index (χ0) is 32.0. The lowest BCUT2D eigenvalue weighted by Gasteiger charge is -2.26. The van der Waals surface area contributed by atoms with E-state index in [1.54, 1.807) is 11.4 Å². The van der Waals surface area contributed by atoms with E-state index >= 15 is 0 Å². The summed E-state index contributed by atoms with van der Waals surface area (Å²) in [6.07, 6.45) is 4.65. The predicted octanol–water partition coefficient (Wildman–Crippen LogP) is 3.37. The number of nitrogens with two attached hydrogens (primary N) is 2. The van der Waals surface area contributed by atoms with Crippen molar-refractivity contribution in [2.45, 2.75) is 56.0 Å². The van der Waals surface area contributed by atoms with Crippen molar-refractivity contribution in [3.05, 3.63) is 63.8 Å². The van der Waals surface area contributed by atoms with Crippen molar-refractivity contribution in [1.82, 2.24) is 10.2 Å². The number of piperidine rings is 1. The summed E-state index contributed by atoms with van der Waals surface area (Å²) in [6.45, 7) is 3.57. The highest BCUT2D eigenvalue weighted by atomic mass is 32.2. The number of hydrogen-bond acceptors (Lipinski definition) is 8. The molecule has 7 N–H and O–H groups in total. The molecule has 45 heavy (non-hydrogen) atoms. The summed E-state index contributed by atoms with van der Waals surface area (Å²) in [5.41, 5.74) is 14.3. The molecule has 3 aromatic rings. The topological polar surface area (TPSA) is 189 Å². The number of hydrogen-bond donors (Lipinski definition) is 5. The first kappa shape index (κ1) is 32.3. The fourth-order valence-corrected chi connectivity index (χ4v) is 7.72. The second-order valence-electron chi connectivity index (χ2n) is 11.2. The number of guanidine groups is 1. The lowest BCUT2D eigenvalue weighted by atomic mass is 9.99. The van der Waals surface area contributed by atoms with Gasteiger partial charge in [0, 0.05) is 19.5 Å². The van der Waals surface area contributed by atoms with Gasteiger partial charge in [-0.15, -0.1) is 11.3 Å². The molecule has 1 aromatic heterocycles. The molecule has 0 radical (unpaired) electrons. The molecular weight excluding hydrogens is 617 g/mol. The molecule has 1 saturated heterocycles. The summed E-state index contributed by atoms with van der Waals surface area (Å²) in [5, 5.41) is 13.7. The molecule has 12 nitrogen and oxygen atoms in total. The number of nitrogens with zero attached hydrogens (tertiary/aromatic N) is 2. The molecular formula is C31H38N6O6S2. The highest BCUT2D eigenvalue weighted by Crippen LogP contribution is 2.39. The maximum absolute atomic E-state index is 13.9. The number of aliphatic carboxylic acids is 1. The van der Waals surface area contributed by atoms with Crippen molar-refractivity contribution in [3.8, 4) is 16.9 Å². The molecule has 240 valence electrons. The molecule has 0 spiro atoms. The van der Waals surface area contributed by atoms with Crippen molar-refractivity contribution in [3.63, 3.8) is 0 Å². The number of aliphatic imine (C=N–C) groups is 1. The Balaban J connectivity index is 1.36. The van der Waals surface area contributed by atoms with Crippen LogP contribution in [0.3, 0.4) is 0 Å². The summed E-state index contributed by atoms with van der Waals surface area (Å²) in [6, 6.07) is 12.0. The normalized spacial score (nSPS) is 15.5. The number of carbonyl (C=O) groups excluding carboxylic acids is 1. The summed E-state index contributed by atoms with van der Waals surface area (Å²) in [4.78, 5) is 31.2. The second-order valence-corrected chi connectivity index (χ2v) is 13.7. The Morgan fingerprint density at radius 2 is 1.89 bits per heavy atom. The lowest BCUT2D eigenvalue weighted by molar-refractivity contribution is -0.139. The number of benzene rings is 2. The maximum atomic E-state index is 13.9. The molecule has 0 unspecified atom stereocenters. The number of carboxylic acids is 1. The minimum absolute atomic E-state index is 0.0189. The highest BCUT2D eigenvalue weighted by Gasteiger charge is 2.29. The number of ether oxygens (including phenoxy) is 1. The van der Waals surface area contributed by atoms with Crippen molar-refractivity contribution in [2.24, 2.45) is 16.5 Å². The van der Waals surface area contributed by atoms with E-state index in [4.69, 9.17) is 16.2 Å². The van der Waals surface area contributed by atoms with Gasteiger partial charge >= 0.3 is 5.97 Å². The SMILES string of the molecule is NC(N)=NCCC[C@H](NC(=O)c1sccc1NS(=O)(=O)c1cc(-c2cccc(CN3CCCCC3)c2)cc2c1OCC2)C(=O)O. The quantitative estimate of drug-likeness (QED) is 0.105.